The topological polar surface area (TPSA) is 0 Å². The van der Waals surface area contributed by atoms with Crippen LogP contribution in [0, 0.1) is 0 Å². The van der Waals surface area contributed by atoms with Gasteiger partial charge in [0.25, 0.3) is 0 Å². The van der Waals surface area contributed by atoms with Crippen molar-refractivity contribution in [2.45, 2.75) is 51.9 Å². The van der Waals surface area contributed by atoms with E-state index in [4.69, 9.17) is 0 Å². The average molecular weight is 451 g/mol. The summed E-state index contributed by atoms with van der Waals surface area (Å²) < 4.78 is 0. The minimum Gasteiger partial charge on any atom is -1.00 e. The van der Waals surface area contributed by atoms with Crippen LogP contribution in [-0.2, 0) is 0 Å². The third kappa shape index (κ3) is 7.06. The number of allylic oxidation sites excluding steroid dienone is 2. The fourth-order valence-corrected chi connectivity index (χ4v) is 8.24. The van der Waals surface area contributed by atoms with Gasteiger partial charge >= 0.3 is 0 Å². The van der Waals surface area contributed by atoms with Crippen molar-refractivity contribution >= 4 is 23.2 Å². The summed E-state index contributed by atoms with van der Waals surface area (Å²) in [6.07, 6.45) is 15.3. The fraction of sp³-hybridized carbons (Fsp3) is 0.310. The van der Waals surface area contributed by atoms with Crippen LogP contribution in [0.25, 0.3) is 0 Å². The molecule has 3 rings (SSSR count). The molecule has 0 atom stereocenters. The van der Waals surface area contributed by atoms with Crippen LogP contribution in [0.1, 0.15) is 51.9 Å². The molecule has 0 aromatic heterocycles. The van der Waals surface area contributed by atoms with Gasteiger partial charge in [-0.25, -0.2) is 0 Å². The van der Waals surface area contributed by atoms with E-state index in [1.54, 1.807) is 0 Å². The monoisotopic (exact) mass is 450 g/mol. The maximum atomic E-state index is 2.47. The van der Waals surface area contributed by atoms with Crippen LogP contribution in [0.15, 0.2) is 103 Å². The standard InChI is InChI=1S/C29H36P.ClH/c1-2-3-4-5-6-7-8-9-19-26-30(27-20-13-10-14-21-27,28-22-15-11-16-23-28)29-24-17-12-18-25-29;/h9-25H,2-8,26H2,1H3;1H/q+1;/p-1. The fourth-order valence-electron chi connectivity index (χ4n) is 4.20. The van der Waals surface area contributed by atoms with Gasteiger partial charge in [-0.1, -0.05) is 106 Å². The van der Waals surface area contributed by atoms with Crippen LogP contribution in [0.3, 0.4) is 0 Å². The zero-order chi connectivity index (χ0) is 20.9. The Bertz CT molecular complexity index is 762. The van der Waals surface area contributed by atoms with E-state index in [1.807, 2.05) is 0 Å². The molecule has 0 radical (unpaired) electrons. The number of benzene rings is 3. The summed E-state index contributed by atoms with van der Waals surface area (Å²) in [6, 6.07) is 33.5. The van der Waals surface area contributed by atoms with Gasteiger partial charge < -0.3 is 12.4 Å². The van der Waals surface area contributed by atoms with Crippen LogP contribution in [-0.4, -0.2) is 6.16 Å². The summed E-state index contributed by atoms with van der Waals surface area (Å²) in [4.78, 5) is 0. The summed E-state index contributed by atoms with van der Waals surface area (Å²) in [5.41, 5.74) is 0. The van der Waals surface area contributed by atoms with Gasteiger partial charge in [-0.3, -0.25) is 0 Å². The average Bonchev–Trinajstić information content (AvgIpc) is 2.82. The van der Waals surface area contributed by atoms with E-state index in [0.29, 0.717) is 0 Å². The highest BCUT2D eigenvalue weighted by Crippen LogP contribution is 2.55. The Morgan fingerprint density at radius 3 is 1.42 bits per heavy atom. The van der Waals surface area contributed by atoms with Gasteiger partial charge in [0.15, 0.2) is 0 Å². The first-order valence-electron chi connectivity index (χ1n) is 11.6. The maximum absolute atomic E-state index is 2.47. The predicted molar refractivity (Wildman–Crippen MR) is 137 cm³/mol. The molecule has 0 nitrogen and oxygen atoms in total. The number of rotatable bonds is 12. The third-order valence-corrected chi connectivity index (χ3v) is 10.2. The first-order valence-corrected chi connectivity index (χ1v) is 13.6. The Kier molecular flexibility index (Phi) is 11.7. The van der Waals surface area contributed by atoms with E-state index in [9.17, 15) is 0 Å². The van der Waals surface area contributed by atoms with E-state index in [0.717, 1.165) is 6.16 Å². The SMILES string of the molecule is CCCCCCCCC=CC[P+](c1ccccc1)(c1ccccc1)c1ccccc1.[Cl-]. The molecular formula is C29H36ClP. The molecule has 0 saturated carbocycles. The first kappa shape index (κ1) is 25.4. The van der Waals surface area contributed by atoms with Gasteiger partial charge in [0.2, 0.25) is 0 Å². The highest BCUT2D eigenvalue weighted by Gasteiger charge is 2.43. The zero-order valence-corrected chi connectivity index (χ0v) is 20.4. The van der Waals surface area contributed by atoms with Crippen LogP contribution in [0.4, 0.5) is 0 Å². The quantitative estimate of drug-likeness (QED) is 0.219. The van der Waals surface area contributed by atoms with E-state index in [-0.39, 0.29) is 12.4 Å². The largest absolute Gasteiger partial charge is 1.00 e. The normalized spacial score (nSPS) is 11.4. The summed E-state index contributed by atoms with van der Waals surface area (Å²) in [5, 5.41) is 4.39. The molecular weight excluding hydrogens is 415 g/mol. The van der Waals surface area contributed by atoms with Crippen LogP contribution < -0.4 is 28.3 Å². The smallest absolute Gasteiger partial charge is 0.115 e. The molecule has 0 N–H and O–H groups in total. The molecule has 0 heterocycles. The van der Waals surface area contributed by atoms with Crippen molar-refractivity contribution in [3.63, 3.8) is 0 Å². The van der Waals surface area contributed by atoms with E-state index < -0.39 is 7.26 Å². The Morgan fingerprint density at radius 2 is 0.968 bits per heavy atom. The van der Waals surface area contributed by atoms with Crippen LogP contribution in [0.2, 0.25) is 0 Å². The number of hydrogen-bond donors (Lipinski definition) is 0. The predicted octanol–water partition coefficient (Wildman–Crippen LogP) is 4.29. The first-order chi connectivity index (χ1) is 14.9. The summed E-state index contributed by atoms with van der Waals surface area (Å²) in [6.45, 7) is 2.28. The van der Waals surface area contributed by atoms with E-state index >= 15 is 0 Å². The Balaban J connectivity index is 0.00000341. The second kappa shape index (κ2) is 14.2. The van der Waals surface area contributed by atoms with Gasteiger partial charge in [-0.2, -0.15) is 0 Å². The van der Waals surface area contributed by atoms with E-state index in [2.05, 4.69) is 110 Å². The van der Waals surface area contributed by atoms with Crippen molar-refractivity contribution in [1.29, 1.82) is 0 Å². The second-order valence-corrected chi connectivity index (χ2v) is 11.6. The molecule has 0 aliphatic heterocycles. The minimum absolute atomic E-state index is 0. The number of halogens is 1. The molecule has 2 heteroatoms. The van der Waals surface area contributed by atoms with Gasteiger partial charge in [0, 0.05) is 0 Å². The lowest BCUT2D eigenvalue weighted by Crippen LogP contribution is -3.00. The number of unbranched alkanes of at least 4 members (excludes halogenated alkanes) is 6. The zero-order valence-electron chi connectivity index (χ0n) is 18.8. The van der Waals surface area contributed by atoms with Gasteiger partial charge in [-0.15, -0.1) is 0 Å². The molecule has 0 saturated heterocycles. The Morgan fingerprint density at radius 1 is 0.548 bits per heavy atom. The lowest BCUT2D eigenvalue weighted by atomic mass is 10.1. The lowest BCUT2D eigenvalue weighted by molar-refractivity contribution is -0.00000603. The summed E-state index contributed by atoms with van der Waals surface area (Å²) in [7, 11) is -1.71. The van der Waals surface area contributed by atoms with Crippen molar-refractivity contribution < 1.29 is 12.4 Å². The second-order valence-electron chi connectivity index (χ2n) is 8.03. The summed E-state index contributed by atoms with van der Waals surface area (Å²) in [5.74, 6) is 0. The van der Waals surface area contributed by atoms with Crippen molar-refractivity contribution in [3.05, 3.63) is 103 Å². The molecule has 0 unspecified atom stereocenters. The summed E-state index contributed by atoms with van der Waals surface area (Å²) >= 11 is 0. The van der Waals surface area contributed by atoms with Crippen molar-refractivity contribution in [2.75, 3.05) is 6.16 Å². The van der Waals surface area contributed by atoms with Gasteiger partial charge in [0.1, 0.15) is 23.2 Å². The van der Waals surface area contributed by atoms with Crippen LogP contribution >= 0.6 is 7.26 Å². The molecule has 0 spiro atoms. The van der Waals surface area contributed by atoms with Crippen LogP contribution in [0.5, 0.6) is 0 Å². The highest BCUT2D eigenvalue weighted by molar-refractivity contribution is 7.95. The molecule has 0 aliphatic rings. The Labute approximate surface area is 196 Å². The molecule has 0 fully saturated rings. The third-order valence-electron chi connectivity index (χ3n) is 5.86. The van der Waals surface area contributed by atoms with Crippen molar-refractivity contribution in [3.8, 4) is 0 Å². The molecule has 0 amide bonds. The molecule has 164 valence electrons. The molecule has 0 aliphatic carbocycles. The Hall–Kier alpha value is -1.88. The van der Waals surface area contributed by atoms with Crippen molar-refractivity contribution in [1.82, 2.24) is 0 Å². The highest BCUT2D eigenvalue weighted by atomic mass is 35.5. The lowest BCUT2D eigenvalue weighted by Gasteiger charge is -2.26. The molecule has 3 aromatic carbocycles. The van der Waals surface area contributed by atoms with Crippen molar-refractivity contribution in [2.24, 2.45) is 0 Å². The number of hydrogen-bond acceptors (Lipinski definition) is 0. The van der Waals surface area contributed by atoms with E-state index in [1.165, 1.54) is 60.9 Å². The van der Waals surface area contributed by atoms with Gasteiger partial charge in [-0.05, 0) is 49.2 Å². The maximum Gasteiger partial charge on any atom is 0.115 e. The molecule has 31 heavy (non-hydrogen) atoms. The molecule has 3 aromatic rings. The molecule has 0 bridgehead atoms. The van der Waals surface area contributed by atoms with Gasteiger partial charge in [0.05, 0.1) is 6.16 Å². The minimum atomic E-state index is -1.71.